The van der Waals surface area contributed by atoms with Gasteiger partial charge in [0.25, 0.3) is 0 Å². The van der Waals surface area contributed by atoms with Crippen LogP contribution in [0.3, 0.4) is 0 Å². The Morgan fingerprint density at radius 3 is 3.05 bits per heavy atom. The van der Waals surface area contributed by atoms with E-state index in [2.05, 4.69) is 9.47 Å². The van der Waals surface area contributed by atoms with E-state index >= 15 is 0 Å². The van der Waals surface area contributed by atoms with Crippen LogP contribution in [-0.2, 0) is 6.54 Å². The zero-order valence-electron chi connectivity index (χ0n) is 11.0. The Hall–Kier alpha value is -1.13. The minimum atomic E-state index is -0.117. The molecule has 1 aromatic heterocycles. The molecule has 4 rings (SSSR count). The fourth-order valence-corrected chi connectivity index (χ4v) is 4.33. The van der Waals surface area contributed by atoms with Crippen molar-refractivity contribution >= 4 is 0 Å². The number of rotatable bonds is 0. The Labute approximate surface area is 112 Å². The number of hydrogen-bond acceptors (Lipinski definition) is 3. The lowest BCUT2D eigenvalue weighted by molar-refractivity contribution is -0.0243. The first-order valence-corrected chi connectivity index (χ1v) is 7.33. The van der Waals surface area contributed by atoms with E-state index in [0.717, 1.165) is 32.5 Å². The van der Waals surface area contributed by atoms with Gasteiger partial charge in [-0.15, -0.1) is 0 Å². The van der Waals surface area contributed by atoms with Crippen molar-refractivity contribution < 1.29 is 5.11 Å². The van der Waals surface area contributed by atoms with Gasteiger partial charge in [-0.1, -0.05) is 0 Å². The number of aliphatic hydroxyl groups is 1. The maximum absolute atomic E-state index is 11.6. The molecule has 3 aliphatic rings. The van der Waals surface area contributed by atoms with Crippen LogP contribution in [0.15, 0.2) is 23.1 Å². The number of fused-ring (bicyclic) bond motifs is 6. The van der Waals surface area contributed by atoms with Crippen molar-refractivity contribution in [3.63, 3.8) is 0 Å². The Kier molecular flexibility index (Phi) is 2.57. The van der Waals surface area contributed by atoms with Gasteiger partial charge in [0.1, 0.15) is 0 Å². The van der Waals surface area contributed by atoms with Gasteiger partial charge >= 0.3 is 0 Å². The number of hydrogen-bond donors (Lipinski definition) is 1. The van der Waals surface area contributed by atoms with E-state index in [1.165, 1.54) is 12.1 Å². The van der Waals surface area contributed by atoms with E-state index in [1.807, 2.05) is 12.3 Å². The molecule has 2 bridgehead atoms. The normalized spacial score (nSPS) is 37.5. The van der Waals surface area contributed by atoms with Crippen molar-refractivity contribution in [1.29, 1.82) is 0 Å². The van der Waals surface area contributed by atoms with E-state index in [1.54, 1.807) is 6.07 Å². The summed E-state index contributed by atoms with van der Waals surface area (Å²) in [5, 5.41) is 9.90. The van der Waals surface area contributed by atoms with Gasteiger partial charge in [-0.3, -0.25) is 9.69 Å². The molecule has 0 aromatic carbocycles. The Morgan fingerprint density at radius 1 is 1.26 bits per heavy atom. The average molecular weight is 260 g/mol. The fraction of sp³-hybridized carbons (Fsp3) is 0.667. The summed E-state index contributed by atoms with van der Waals surface area (Å²) in [5.74, 6) is 1.13. The second-order valence-electron chi connectivity index (χ2n) is 6.37. The summed E-state index contributed by atoms with van der Waals surface area (Å²) in [6.45, 7) is 3.06. The lowest BCUT2D eigenvalue weighted by Gasteiger charge is -2.51. The molecular formula is C15H20N2O2. The van der Waals surface area contributed by atoms with Crippen LogP contribution in [0.4, 0.5) is 0 Å². The van der Waals surface area contributed by atoms with Crippen LogP contribution in [0.1, 0.15) is 30.9 Å². The quantitative estimate of drug-likeness (QED) is 0.750. The molecule has 2 fully saturated rings. The minimum absolute atomic E-state index is 0.117. The second-order valence-corrected chi connectivity index (χ2v) is 6.37. The molecule has 102 valence electrons. The van der Waals surface area contributed by atoms with Crippen LogP contribution in [0, 0.1) is 5.92 Å². The molecule has 0 radical (unpaired) electrons. The zero-order valence-corrected chi connectivity index (χ0v) is 11.0. The first kappa shape index (κ1) is 11.7. The van der Waals surface area contributed by atoms with E-state index in [4.69, 9.17) is 0 Å². The second kappa shape index (κ2) is 4.18. The molecule has 0 aliphatic carbocycles. The van der Waals surface area contributed by atoms with Gasteiger partial charge < -0.3 is 9.67 Å². The Balaban J connectivity index is 1.70. The summed E-state index contributed by atoms with van der Waals surface area (Å²) >= 11 is 0. The Bertz CT molecular complexity index is 553. The maximum Gasteiger partial charge on any atom is 0.181 e. The standard InChI is InChI=1S/C15H20N2O2/c18-12-1-3-16-8-10-5-11(14(16)6-12)9-17-4-2-13(19)7-15(10)17/h1,3,6,10-11,13,15,19H,2,4-5,7-9H2/t10-,11-,13-,15-/m0/s1. The number of piperidine rings is 2. The minimum Gasteiger partial charge on any atom is -0.393 e. The fourth-order valence-electron chi connectivity index (χ4n) is 4.33. The summed E-state index contributed by atoms with van der Waals surface area (Å²) < 4.78 is 2.26. The maximum atomic E-state index is 11.6. The van der Waals surface area contributed by atoms with Crippen LogP contribution in [-0.4, -0.2) is 39.8 Å². The summed E-state index contributed by atoms with van der Waals surface area (Å²) in [7, 11) is 0. The lowest BCUT2D eigenvalue weighted by Crippen LogP contribution is -2.56. The molecule has 4 heterocycles. The van der Waals surface area contributed by atoms with Crippen LogP contribution >= 0.6 is 0 Å². The number of aliphatic hydroxyl groups excluding tert-OH is 1. The van der Waals surface area contributed by atoms with Crippen LogP contribution in [0.25, 0.3) is 0 Å². The molecule has 1 aromatic rings. The summed E-state index contributed by atoms with van der Waals surface area (Å²) in [6, 6.07) is 4.02. The van der Waals surface area contributed by atoms with Crippen molar-refractivity contribution in [3.8, 4) is 0 Å². The third kappa shape index (κ3) is 1.85. The van der Waals surface area contributed by atoms with Gasteiger partial charge in [-0.25, -0.2) is 0 Å². The van der Waals surface area contributed by atoms with Crippen molar-refractivity contribution in [2.75, 3.05) is 13.1 Å². The summed E-state index contributed by atoms with van der Waals surface area (Å²) in [5.41, 5.74) is 1.34. The van der Waals surface area contributed by atoms with Crippen LogP contribution < -0.4 is 5.43 Å². The predicted molar refractivity (Wildman–Crippen MR) is 72.2 cm³/mol. The average Bonchev–Trinajstić information content (AvgIpc) is 2.41. The number of nitrogens with zero attached hydrogens (tertiary/aromatic N) is 2. The van der Waals surface area contributed by atoms with Crippen molar-refractivity contribution in [2.45, 2.75) is 43.9 Å². The largest absolute Gasteiger partial charge is 0.393 e. The van der Waals surface area contributed by atoms with Crippen molar-refractivity contribution in [2.24, 2.45) is 5.92 Å². The van der Waals surface area contributed by atoms with Crippen LogP contribution in [0.2, 0.25) is 0 Å². The zero-order chi connectivity index (χ0) is 13.0. The highest BCUT2D eigenvalue weighted by Gasteiger charge is 2.42. The molecule has 19 heavy (non-hydrogen) atoms. The SMILES string of the molecule is O=c1ccn2c(c1)[C@H]1C[C@@H](C2)[C@@H]2C[C@@H](O)CCN2C1. The third-order valence-electron chi connectivity index (χ3n) is 5.21. The Morgan fingerprint density at radius 2 is 2.16 bits per heavy atom. The highest BCUT2D eigenvalue weighted by atomic mass is 16.3. The molecule has 1 N–H and O–H groups in total. The molecule has 4 nitrogen and oxygen atoms in total. The van der Waals surface area contributed by atoms with Crippen molar-refractivity contribution in [3.05, 3.63) is 34.2 Å². The molecular weight excluding hydrogens is 240 g/mol. The lowest BCUT2D eigenvalue weighted by atomic mass is 9.75. The van der Waals surface area contributed by atoms with Gasteiger partial charge in [0, 0.05) is 55.6 Å². The predicted octanol–water partition coefficient (Wildman–Crippen LogP) is 0.791. The molecule has 0 saturated carbocycles. The third-order valence-corrected chi connectivity index (χ3v) is 5.21. The van der Waals surface area contributed by atoms with E-state index in [0.29, 0.717) is 17.9 Å². The molecule has 0 amide bonds. The van der Waals surface area contributed by atoms with Crippen molar-refractivity contribution in [1.82, 2.24) is 9.47 Å². The van der Waals surface area contributed by atoms with Gasteiger partial charge in [0.05, 0.1) is 6.10 Å². The van der Waals surface area contributed by atoms with Gasteiger partial charge in [-0.05, 0) is 25.2 Å². The van der Waals surface area contributed by atoms with Gasteiger partial charge in [0.15, 0.2) is 5.43 Å². The topological polar surface area (TPSA) is 45.5 Å². The molecule has 2 saturated heterocycles. The monoisotopic (exact) mass is 260 g/mol. The molecule has 0 spiro atoms. The highest BCUT2D eigenvalue weighted by Crippen LogP contribution is 2.41. The van der Waals surface area contributed by atoms with Gasteiger partial charge in [-0.2, -0.15) is 0 Å². The number of pyridine rings is 1. The van der Waals surface area contributed by atoms with Gasteiger partial charge in [0.2, 0.25) is 0 Å². The molecule has 3 aliphatic heterocycles. The highest BCUT2D eigenvalue weighted by molar-refractivity contribution is 5.18. The van der Waals surface area contributed by atoms with E-state index < -0.39 is 0 Å². The van der Waals surface area contributed by atoms with E-state index in [9.17, 15) is 9.90 Å². The smallest absolute Gasteiger partial charge is 0.181 e. The molecule has 4 heteroatoms. The number of aromatic nitrogens is 1. The first-order valence-electron chi connectivity index (χ1n) is 7.33. The first-order chi connectivity index (χ1) is 9.20. The summed E-state index contributed by atoms with van der Waals surface area (Å²) in [6.07, 6.45) is 4.83. The van der Waals surface area contributed by atoms with E-state index in [-0.39, 0.29) is 11.5 Å². The summed E-state index contributed by atoms with van der Waals surface area (Å²) in [4.78, 5) is 14.1. The van der Waals surface area contributed by atoms with Crippen LogP contribution in [0.5, 0.6) is 0 Å². The molecule has 0 unspecified atom stereocenters. The molecule has 4 atom stereocenters.